The van der Waals surface area contributed by atoms with E-state index in [0.717, 1.165) is 30.5 Å². The Balaban J connectivity index is 1.16. The van der Waals surface area contributed by atoms with E-state index < -0.39 is 23.8 Å². The van der Waals surface area contributed by atoms with Gasteiger partial charge in [0, 0.05) is 36.3 Å². The zero-order chi connectivity index (χ0) is 27.6. The highest BCUT2D eigenvalue weighted by Crippen LogP contribution is 2.35. The Hall–Kier alpha value is -3.59. The first-order valence-electron chi connectivity index (χ1n) is 13.4. The molecule has 1 unspecified atom stereocenters. The van der Waals surface area contributed by atoms with Crippen molar-refractivity contribution in [2.24, 2.45) is 5.92 Å². The molecule has 9 heteroatoms. The molecule has 0 aliphatic carbocycles. The number of nitrogens with one attached hydrogen (secondary N) is 1. The topological polar surface area (TPSA) is 76.6 Å². The summed E-state index contributed by atoms with van der Waals surface area (Å²) in [7, 11) is 0. The van der Waals surface area contributed by atoms with Crippen LogP contribution in [0.5, 0.6) is 0 Å². The number of piperidine rings is 2. The molecule has 2 N–H and O–H groups in total. The number of carbonyl (C=O) groups is 2. The third kappa shape index (κ3) is 6.03. The van der Waals surface area contributed by atoms with E-state index in [2.05, 4.69) is 28.2 Å². The van der Waals surface area contributed by atoms with E-state index in [1.54, 1.807) is 4.90 Å². The van der Waals surface area contributed by atoms with Gasteiger partial charge in [0.1, 0.15) is 6.04 Å². The molecule has 2 aliphatic rings. The smallest absolute Gasteiger partial charge is 0.416 e. The van der Waals surface area contributed by atoms with Crippen LogP contribution in [0.3, 0.4) is 0 Å². The molecule has 2 aromatic carbocycles. The van der Waals surface area contributed by atoms with Crippen molar-refractivity contribution in [3.8, 4) is 0 Å². The van der Waals surface area contributed by atoms with E-state index in [9.17, 15) is 27.9 Å². The molecule has 1 aromatic heterocycles. The van der Waals surface area contributed by atoms with Crippen LogP contribution in [-0.2, 0) is 15.8 Å². The monoisotopic (exact) mass is 539 g/mol. The van der Waals surface area contributed by atoms with Gasteiger partial charge < -0.3 is 15.0 Å². The van der Waals surface area contributed by atoms with Crippen LogP contribution >= 0.6 is 0 Å². The van der Waals surface area contributed by atoms with E-state index in [0.29, 0.717) is 50.5 Å². The molecule has 2 fully saturated rings. The summed E-state index contributed by atoms with van der Waals surface area (Å²) in [5, 5.41) is 11.3. The number of para-hydroxylation sites is 1. The molecule has 1 amide bonds. The number of aromatic amines is 1. The first-order chi connectivity index (χ1) is 18.7. The second kappa shape index (κ2) is 11.3. The lowest BCUT2D eigenvalue weighted by atomic mass is 9.84. The number of hydrogen-bond donors (Lipinski definition) is 2. The maximum absolute atomic E-state index is 12.9. The van der Waals surface area contributed by atoms with Crippen molar-refractivity contribution >= 4 is 28.9 Å². The van der Waals surface area contributed by atoms with Crippen molar-refractivity contribution in [2.45, 2.75) is 43.8 Å². The highest BCUT2D eigenvalue weighted by atomic mass is 19.4. The summed E-state index contributed by atoms with van der Waals surface area (Å²) in [6.45, 7) is 2.26. The Labute approximate surface area is 225 Å². The molecule has 6 nitrogen and oxygen atoms in total. The number of nitrogens with zero attached hydrogens (tertiary/aromatic N) is 2. The molecule has 0 spiro atoms. The number of alkyl halides is 3. The number of aromatic nitrogens is 1. The summed E-state index contributed by atoms with van der Waals surface area (Å²) in [6.07, 6.45) is 3.25. The summed E-state index contributed by atoms with van der Waals surface area (Å²) in [4.78, 5) is 32.1. The van der Waals surface area contributed by atoms with Crippen LogP contribution in [0, 0.1) is 5.92 Å². The number of hydrogen-bond acceptors (Lipinski definition) is 3. The van der Waals surface area contributed by atoms with Crippen molar-refractivity contribution in [3.05, 3.63) is 77.5 Å². The van der Waals surface area contributed by atoms with Crippen LogP contribution in [0.25, 0.3) is 17.0 Å². The number of H-pyrrole nitrogens is 1. The predicted molar refractivity (Wildman–Crippen MR) is 143 cm³/mol. The van der Waals surface area contributed by atoms with E-state index >= 15 is 0 Å². The van der Waals surface area contributed by atoms with Gasteiger partial charge >= 0.3 is 12.1 Å². The zero-order valence-electron chi connectivity index (χ0n) is 21.5. The summed E-state index contributed by atoms with van der Waals surface area (Å²) in [5.41, 5.74) is 1.95. The molecule has 1 atom stereocenters. The molecular formula is C30H32F3N3O3. The summed E-state index contributed by atoms with van der Waals surface area (Å²) in [5.74, 6) is -0.786. The number of aliphatic carboxylic acids is 1. The maximum Gasteiger partial charge on any atom is 0.416 e. The fourth-order valence-electron chi connectivity index (χ4n) is 6.10. The lowest BCUT2D eigenvalue weighted by Gasteiger charge is -2.41. The third-order valence-electron chi connectivity index (χ3n) is 8.17. The fourth-order valence-corrected chi connectivity index (χ4v) is 6.10. The average Bonchev–Trinajstić information content (AvgIpc) is 3.36. The van der Waals surface area contributed by atoms with Crippen LogP contribution < -0.4 is 0 Å². The number of halogens is 3. The highest BCUT2D eigenvalue weighted by molar-refractivity contribution is 5.92. The van der Waals surface area contributed by atoms with Gasteiger partial charge in [-0.2, -0.15) is 13.2 Å². The first kappa shape index (κ1) is 27.0. The summed E-state index contributed by atoms with van der Waals surface area (Å²) >= 11 is 0. The number of amides is 1. The minimum absolute atomic E-state index is 0.0661. The number of carboxylic acids is 1. The Morgan fingerprint density at radius 3 is 2.38 bits per heavy atom. The normalized spacial score (nSPS) is 19.1. The van der Waals surface area contributed by atoms with Crippen LogP contribution in [0.1, 0.15) is 48.3 Å². The van der Waals surface area contributed by atoms with E-state index in [4.69, 9.17) is 0 Å². The van der Waals surface area contributed by atoms with Gasteiger partial charge in [-0.3, -0.25) is 14.5 Å². The van der Waals surface area contributed by atoms with Gasteiger partial charge in [-0.25, -0.2) is 0 Å². The number of likely N-dealkylation sites (tertiary alicyclic amines) is 2. The quantitative estimate of drug-likeness (QED) is 0.390. The van der Waals surface area contributed by atoms with Crippen LogP contribution in [0.15, 0.2) is 60.8 Å². The minimum atomic E-state index is -4.44. The van der Waals surface area contributed by atoms with E-state index in [-0.39, 0.29) is 11.8 Å². The van der Waals surface area contributed by atoms with Gasteiger partial charge in [0.15, 0.2) is 0 Å². The summed E-state index contributed by atoms with van der Waals surface area (Å²) in [6, 6.07) is 12.5. The molecule has 206 valence electrons. The molecular weight excluding hydrogens is 507 g/mol. The predicted octanol–water partition coefficient (Wildman–Crippen LogP) is 5.77. The number of rotatable bonds is 6. The second-order valence-electron chi connectivity index (χ2n) is 10.5. The highest BCUT2D eigenvalue weighted by Gasteiger charge is 2.38. The standard InChI is InChI=1S/C30H32F3N3O3/c31-30(32,33)23-5-3-4-20(18-23)8-9-27(37)35-14-12-22(13-15-35)28(29(38)39)36-16-10-21(11-17-36)25-19-34-26-7-2-1-6-24(25)26/h1-9,18-19,21-22,28,34H,10-17H2,(H,38,39). The van der Waals surface area contributed by atoms with Crippen molar-refractivity contribution in [3.63, 3.8) is 0 Å². The lowest BCUT2D eigenvalue weighted by molar-refractivity contribution is -0.147. The first-order valence-corrected chi connectivity index (χ1v) is 13.4. The Bertz CT molecular complexity index is 1350. The lowest BCUT2D eigenvalue weighted by Crippen LogP contribution is -2.52. The number of carboxylic acid groups (broad SMARTS) is 1. The molecule has 0 saturated carbocycles. The van der Waals surface area contributed by atoms with Crippen LogP contribution in [0.4, 0.5) is 13.2 Å². The molecule has 3 aromatic rings. The van der Waals surface area contributed by atoms with Gasteiger partial charge in [0.2, 0.25) is 5.91 Å². The number of benzene rings is 2. The molecule has 39 heavy (non-hydrogen) atoms. The van der Waals surface area contributed by atoms with Gasteiger partial charge in [-0.05, 0) is 86.0 Å². The van der Waals surface area contributed by atoms with Crippen molar-refractivity contribution < 1.29 is 27.9 Å². The van der Waals surface area contributed by atoms with E-state index in [1.165, 1.54) is 35.2 Å². The van der Waals surface area contributed by atoms with Crippen molar-refractivity contribution in [1.82, 2.24) is 14.8 Å². The molecule has 5 rings (SSSR count). The Morgan fingerprint density at radius 2 is 1.69 bits per heavy atom. The van der Waals surface area contributed by atoms with Crippen molar-refractivity contribution in [2.75, 3.05) is 26.2 Å². The average molecular weight is 540 g/mol. The Kier molecular flexibility index (Phi) is 7.79. The fraction of sp³-hybridized carbons (Fsp3) is 0.400. The molecule has 2 aliphatic heterocycles. The second-order valence-corrected chi connectivity index (χ2v) is 10.5. The number of carbonyl (C=O) groups excluding carboxylic acids is 1. The molecule has 3 heterocycles. The number of fused-ring (bicyclic) bond motifs is 1. The largest absolute Gasteiger partial charge is 0.480 e. The third-order valence-corrected chi connectivity index (χ3v) is 8.17. The molecule has 0 bridgehead atoms. The van der Waals surface area contributed by atoms with Gasteiger partial charge in [-0.1, -0.05) is 30.3 Å². The van der Waals surface area contributed by atoms with Crippen molar-refractivity contribution in [1.29, 1.82) is 0 Å². The van der Waals surface area contributed by atoms with E-state index in [1.807, 2.05) is 12.1 Å². The van der Waals surface area contributed by atoms with Gasteiger partial charge in [0.25, 0.3) is 0 Å². The molecule has 0 radical (unpaired) electrons. The molecule has 2 saturated heterocycles. The summed E-state index contributed by atoms with van der Waals surface area (Å²) < 4.78 is 38.8. The Morgan fingerprint density at radius 1 is 0.974 bits per heavy atom. The minimum Gasteiger partial charge on any atom is -0.480 e. The SMILES string of the molecule is O=C(O)C(C1CCN(C(=O)C=Cc2cccc(C(F)(F)F)c2)CC1)N1CCC(c2c[nH]c3ccccc23)CC1. The van der Waals surface area contributed by atoms with Gasteiger partial charge in [-0.15, -0.1) is 0 Å². The van der Waals surface area contributed by atoms with Crippen LogP contribution in [-0.4, -0.2) is 64.0 Å². The zero-order valence-corrected chi connectivity index (χ0v) is 21.5. The maximum atomic E-state index is 12.9. The van der Waals surface area contributed by atoms with Crippen LogP contribution in [0.2, 0.25) is 0 Å². The van der Waals surface area contributed by atoms with Gasteiger partial charge in [0.05, 0.1) is 5.56 Å².